The van der Waals surface area contributed by atoms with Crippen LogP contribution in [0.2, 0.25) is 0 Å². The number of oxime groups is 1. The van der Waals surface area contributed by atoms with E-state index in [2.05, 4.69) is 5.16 Å². The minimum atomic E-state index is -4.51. The maximum atomic E-state index is 13.3. The van der Waals surface area contributed by atoms with Gasteiger partial charge in [0, 0.05) is 18.7 Å². The Bertz CT molecular complexity index is 1440. The van der Waals surface area contributed by atoms with Crippen LogP contribution >= 0.6 is 0 Å². The van der Waals surface area contributed by atoms with Crippen LogP contribution in [0.3, 0.4) is 0 Å². The van der Waals surface area contributed by atoms with Crippen molar-refractivity contribution in [2.45, 2.75) is 57.7 Å². The highest BCUT2D eigenvalue weighted by Crippen LogP contribution is 2.60. The van der Waals surface area contributed by atoms with Gasteiger partial charge in [-0.05, 0) is 80.0 Å². The van der Waals surface area contributed by atoms with Gasteiger partial charge in [0.05, 0.1) is 23.7 Å². The van der Waals surface area contributed by atoms with Crippen LogP contribution in [-0.2, 0) is 22.4 Å². The number of pyridine rings is 1. The van der Waals surface area contributed by atoms with Gasteiger partial charge >= 0.3 is 17.7 Å². The molecule has 0 saturated heterocycles. The molecule has 0 N–H and O–H groups in total. The van der Waals surface area contributed by atoms with Gasteiger partial charge in [0.15, 0.2) is 0 Å². The van der Waals surface area contributed by atoms with Crippen molar-refractivity contribution in [1.29, 1.82) is 0 Å². The number of hydrogen-bond acceptors (Lipinski definition) is 4. The van der Waals surface area contributed by atoms with Crippen molar-refractivity contribution in [2.75, 3.05) is 0 Å². The molecule has 2 aromatic heterocycles. The normalized spacial score (nSPS) is 26.3. The Morgan fingerprint density at radius 1 is 1.08 bits per heavy atom. The number of hydrogen-bond donors (Lipinski definition) is 0. The molecule has 2 heterocycles. The van der Waals surface area contributed by atoms with E-state index in [4.69, 9.17) is 4.84 Å². The molecule has 0 amide bonds. The monoisotopic (exact) mass is 524 g/mol. The third kappa shape index (κ3) is 4.52. The third-order valence-electron chi connectivity index (χ3n) is 8.55. The number of rotatable bonds is 6. The summed E-state index contributed by atoms with van der Waals surface area (Å²) < 4.78 is 43.1. The molecule has 38 heavy (non-hydrogen) atoms. The van der Waals surface area contributed by atoms with Gasteiger partial charge < -0.3 is 4.84 Å². The smallest absolute Gasteiger partial charge is 0.318 e. The molecule has 4 aliphatic rings. The molecule has 1 aromatic carbocycles. The number of halogens is 3. The maximum Gasteiger partial charge on any atom is 0.416 e. The number of nitrogens with zero attached hydrogens (tertiary/aromatic N) is 3. The molecule has 4 saturated carbocycles. The minimum absolute atomic E-state index is 0.157. The molecule has 4 aliphatic carbocycles. The molecule has 9 heteroatoms. The van der Waals surface area contributed by atoms with E-state index in [0.717, 1.165) is 31.4 Å². The van der Waals surface area contributed by atoms with E-state index in [1.165, 1.54) is 35.8 Å². The highest BCUT2D eigenvalue weighted by molar-refractivity contribution is 5.78. The summed E-state index contributed by atoms with van der Waals surface area (Å²) >= 11 is 0. The average Bonchev–Trinajstić information content (AvgIpc) is 2.88. The summed E-state index contributed by atoms with van der Waals surface area (Å²) in [4.78, 5) is 31.5. The van der Waals surface area contributed by atoms with Gasteiger partial charge in [-0.1, -0.05) is 23.4 Å². The van der Waals surface area contributed by atoms with Gasteiger partial charge in [0.2, 0.25) is 0 Å². The zero-order valence-corrected chi connectivity index (χ0v) is 20.9. The molecule has 0 radical (unpaired) electrons. The summed E-state index contributed by atoms with van der Waals surface area (Å²) in [5, 5.41) is 3.98. The summed E-state index contributed by atoms with van der Waals surface area (Å²) in [6.07, 6.45) is 7.05. The van der Waals surface area contributed by atoms with Crippen molar-refractivity contribution >= 4 is 17.8 Å². The molecule has 0 spiro atoms. The summed E-state index contributed by atoms with van der Waals surface area (Å²) in [5.74, 6) is 1.68. The van der Waals surface area contributed by atoms with E-state index in [1.807, 2.05) is 0 Å². The lowest BCUT2D eigenvalue weighted by atomic mass is 9.49. The fourth-order valence-corrected chi connectivity index (χ4v) is 7.28. The van der Waals surface area contributed by atoms with Crippen molar-refractivity contribution in [1.82, 2.24) is 4.57 Å². The summed E-state index contributed by atoms with van der Waals surface area (Å²) in [5.41, 5.74) is -0.661. The number of fused-ring (bicyclic) bond motifs is 1. The van der Waals surface area contributed by atoms with E-state index in [0.29, 0.717) is 36.4 Å². The quantitative estimate of drug-likeness (QED) is 0.188. The van der Waals surface area contributed by atoms with Crippen molar-refractivity contribution in [3.8, 4) is 11.1 Å². The second-order valence-corrected chi connectivity index (χ2v) is 11.2. The Morgan fingerprint density at radius 2 is 1.79 bits per heavy atom. The first kappa shape index (κ1) is 24.8. The van der Waals surface area contributed by atoms with Gasteiger partial charge in [0.1, 0.15) is 11.8 Å². The highest BCUT2D eigenvalue weighted by atomic mass is 19.4. The van der Waals surface area contributed by atoms with Gasteiger partial charge in [-0.25, -0.2) is 14.2 Å². The fraction of sp³-hybridized carbons (Fsp3) is 0.448. The Labute approximate surface area is 217 Å². The van der Waals surface area contributed by atoms with Crippen LogP contribution in [0.15, 0.2) is 64.8 Å². The topological polar surface area (TPSA) is 64.8 Å². The van der Waals surface area contributed by atoms with Gasteiger partial charge in [-0.2, -0.15) is 17.6 Å². The van der Waals surface area contributed by atoms with Gasteiger partial charge in [0.25, 0.3) is 5.65 Å². The predicted octanol–water partition coefficient (Wildman–Crippen LogP) is 5.41. The number of carbonyl (C=O) groups is 1. The minimum Gasteiger partial charge on any atom is -0.318 e. The highest BCUT2D eigenvalue weighted by Gasteiger charge is 2.55. The molecule has 4 bridgehead atoms. The van der Waals surface area contributed by atoms with E-state index in [-0.39, 0.29) is 22.5 Å². The third-order valence-corrected chi connectivity index (χ3v) is 8.55. The largest absolute Gasteiger partial charge is 0.416 e. The standard InChI is InChI=1S/C29H29F3N3O3/c30-29(31,32)23-6-3-5-22(14-23)24-18-34(25-7-1-2-10-35(25)26(24)36)9-4-8-33-38-27(37)28-15-19-11-20(16-28)13-21(12-19)17-28/h1-3,5-8,10,14,18-21H,4,9,11-13,15-17H2/q+1/b33-8-. The number of aromatic nitrogens is 2. The van der Waals surface area contributed by atoms with E-state index >= 15 is 0 Å². The van der Waals surface area contributed by atoms with Crippen molar-refractivity contribution in [2.24, 2.45) is 28.3 Å². The average molecular weight is 525 g/mol. The first-order chi connectivity index (χ1) is 18.2. The van der Waals surface area contributed by atoms with Crippen LogP contribution in [-0.4, -0.2) is 16.8 Å². The summed E-state index contributed by atoms with van der Waals surface area (Å²) in [6, 6.07) is 10.0. The molecular formula is C29H29F3N3O3+. The van der Waals surface area contributed by atoms with Crippen LogP contribution in [0.5, 0.6) is 0 Å². The maximum absolute atomic E-state index is 13.3. The predicted molar refractivity (Wildman–Crippen MR) is 134 cm³/mol. The molecule has 0 atom stereocenters. The van der Waals surface area contributed by atoms with Crippen molar-refractivity contribution in [3.05, 3.63) is 70.8 Å². The lowest BCUT2D eigenvalue weighted by Gasteiger charge is -2.54. The summed E-state index contributed by atoms with van der Waals surface area (Å²) in [7, 11) is 0. The van der Waals surface area contributed by atoms with Crippen molar-refractivity contribution in [3.63, 3.8) is 0 Å². The molecule has 6 nitrogen and oxygen atoms in total. The van der Waals surface area contributed by atoms with Gasteiger partial charge in [-0.15, -0.1) is 0 Å². The van der Waals surface area contributed by atoms with Gasteiger partial charge in [-0.3, -0.25) is 0 Å². The number of alkyl halides is 3. The number of aryl methyl sites for hydroxylation is 1. The second kappa shape index (κ2) is 9.36. The van der Waals surface area contributed by atoms with E-state index in [9.17, 15) is 22.8 Å². The van der Waals surface area contributed by atoms with Crippen LogP contribution in [0.1, 0.15) is 50.5 Å². The molecule has 4 fully saturated rings. The Balaban J connectivity index is 1.19. The Morgan fingerprint density at radius 3 is 2.47 bits per heavy atom. The van der Waals surface area contributed by atoms with E-state index in [1.54, 1.807) is 41.4 Å². The van der Waals surface area contributed by atoms with E-state index < -0.39 is 17.3 Å². The zero-order valence-electron chi connectivity index (χ0n) is 20.9. The first-order valence-corrected chi connectivity index (χ1v) is 13.2. The summed E-state index contributed by atoms with van der Waals surface area (Å²) in [6.45, 7) is 0.387. The van der Waals surface area contributed by atoms with Crippen molar-refractivity contribution < 1.29 is 27.2 Å². The SMILES string of the molecule is O=C(O/N=C\CCn1cc(-c2cccc(C(F)(F)F)c2)c(=O)[n+]2ccccc12)C12CC3CC(CC(C3)C1)C2. The Hall–Kier alpha value is -3.49. The fourth-order valence-electron chi connectivity index (χ4n) is 7.28. The zero-order chi connectivity index (χ0) is 26.5. The molecule has 0 aliphatic heterocycles. The molecule has 7 rings (SSSR count). The molecule has 3 aromatic rings. The second-order valence-electron chi connectivity index (χ2n) is 11.2. The lowest BCUT2D eigenvalue weighted by Crippen LogP contribution is -2.50. The molecule has 198 valence electrons. The molecular weight excluding hydrogens is 495 g/mol. The molecule has 0 unspecified atom stereocenters. The Kier molecular flexibility index (Phi) is 6.12. The van der Waals surface area contributed by atoms with Crippen LogP contribution in [0.25, 0.3) is 16.8 Å². The lowest BCUT2D eigenvalue weighted by molar-refractivity contribution is -0.531. The van der Waals surface area contributed by atoms with Crippen LogP contribution in [0, 0.1) is 23.2 Å². The number of benzene rings is 1. The first-order valence-electron chi connectivity index (χ1n) is 13.2. The van der Waals surface area contributed by atoms with Crippen LogP contribution in [0.4, 0.5) is 13.2 Å². The number of carbonyl (C=O) groups excluding carboxylic acids is 1. The van der Waals surface area contributed by atoms with Crippen LogP contribution < -0.4 is 9.96 Å².